The summed E-state index contributed by atoms with van der Waals surface area (Å²) in [6, 6.07) is 14.4. The van der Waals surface area contributed by atoms with Crippen LogP contribution in [0.3, 0.4) is 0 Å². The maximum atomic E-state index is 13.3. The Morgan fingerprint density at radius 2 is 1.76 bits per heavy atom. The molecule has 2 amide bonds. The quantitative estimate of drug-likeness (QED) is 0.450. The fourth-order valence-electron chi connectivity index (χ4n) is 3.40. The van der Waals surface area contributed by atoms with Crippen LogP contribution in [-0.2, 0) is 14.3 Å². The number of amides is 2. The number of imide groups is 1. The van der Waals surface area contributed by atoms with Crippen LogP contribution in [0.25, 0.3) is 5.57 Å². The molecular weight excluding hydrogens is 411 g/mol. The van der Waals surface area contributed by atoms with Crippen molar-refractivity contribution in [2.24, 2.45) is 0 Å². The summed E-state index contributed by atoms with van der Waals surface area (Å²) in [5, 5.41) is 0.791. The molecule has 152 valence electrons. The Kier molecular flexibility index (Phi) is 6.96. The number of benzene rings is 2. The van der Waals surface area contributed by atoms with Crippen LogP contribution >= 0.6 is 23.2 Å². The smallest absolute Gasteiger partial charge is 0.278 e. The van der Waals surface area contributed by atoms with Crippen molar-refractivity contribution >= 4 is 46.3 Å². The summed E-state index contributed by atoms with van der Waals surface area (Å²) in [6.07, 6.45) is 0.556. The van der Waals surface area contributed by atoms with Crippen molar-refractivity contribution in [2.45, 2.75) is 13.3 Å². The summed E-state index contributed by atoms with van der Waals surface area (Å²) in [5.74, 6) is -0.697. The van der Waals surface area contributed by atoms with Gasteiger partial charge in [-0.05, 0) is 37.6 Å². The number of nitrogens with zero attached hydrogens (tertiary/aromatic N) is 2. The van der Waals surface area contributed by atoms with Crippen LogP contribution in [0.4, 0.5) is 5.69 Å². The van der Waals surface area contributed by atoms with Crippen LogP contribution in [0.5, 0.6) is 0 Å². The second-order valence-electron chi connectivity index (χ2n) is 6.54. The van der Waals surface area contributed by atoms with Gasteiger partial charge in [-0.2, -0.15) is 0 Å². The van der Waals surface area contributed by atoms with Crippen molar-refractivity contribution in [2.75, 3.05) is 31.7 Å². The number of likely N-dealkylation sites (N-methyl/N-ethyl adjacent to an activating group) is 1. The van der Waals surface area contributed by atoms with Crippen LogP contribution in [-0.4, -0.2) is 43.5 Å². The van der Waals surface area contributed by atoms with E-state index in [-0.39, 0.29) is 18.4 Å². The highest BCUT2D eigenvalue weighted by molar-refractivity contribution is 6.41. The van der Waals surface area contributed by atoms with E-state index in [0.717, 1.165) is 5.69 Å². The van der Waals surface area contributed by atoms with Gasteiger partial charge in [-0.25, -0.2) is 0 Å². The van der Waals surface area contributed by atoms with E-state index in [1.54, 1.807) is 25.3 Å². The lowest BCUT2D eigenvalue weighted by atomic mass is 10.0. The van der Waals surface area contributed by atoms with Crippen molar-refractivity contribution in [3.05, 3.63) is 69.8 Å². The molecule has 1 aliphatic rings. The van der Waals surface area contributed by atoms with Crippen molar-refractivity contribution in [1.82, 2.24) is 4.90 Å². The van der Waals surface area contributed by atoms with Crippen molar-refractivity contribution in [3.8, 4) is 0 Å². The first-order valence-electron chi connectivity index (χ1n) is 9.37. The molecule has 2 aromatic rings. The Morgan fingerprint density at radius 3 is 2.38 bits per heavy atom. The van der Waals surface area contributed by atoms with Crippen molar-refractivity contribution in [3.63, 3.8) is 0 Å². The van der Waals surface area contributed by atoms with Crippen LogP contribution in [0.1, 0.15) is 18.9 Å². The van der Waals surface area contributed by atoms with E-state index in [9.17, 15) is 9.59 Å². The van der Waals surface area contributed by atoms with Gasteiger partial charge in [0.05, 0.1) is 10.6 Å². The molecule has 1 heterocycles. The highest BCUT2D eigenvalue weighted by Crippen LogP contribution is 2.37. The van der Waals surface area contributed by atoms with Crippen molar-refractivity contribution < 1.29 is 14.3 Å². The molecule has 1 aliphatic heterocycles. The van der Waals surface area contributed by atoms with Gasteiger partial charge < -0.3 is 9.64 Å². The van der Waals surface area contributed by atoms with Crippen LogP contribution in [0.15, 0.2) is 54.2 Å². The number of rotatable bonds is 8. The van der Waals surface area contributed by atoms with Gasteiger partial charge in [-0.15, -0.1) is 0 Å². The number of hydrogen-bond donors (Lipinski definition) is 0. The number of para-hydroxylation sites is 1. The molecule has 7 heteroatoms. The molecule has 0 unspecified atom stereocenters. The third-order valence-corrected chi connectivity index (χ3v) is 5.28. The number of halogens is 2. The minimum absolute atomic E-state index is 0.274. The van der Waals surface area contributed by atoms with Gasteiger partial charge in [0.2, 0.25) is 0 Å². The van der Waals surface area contributed by atoms with E-state index in [0.29, 0.717) is 46.5 Å². The second kappa shape index (κ2) is 9.44. The number of carbonyl (C=O) groups is 2. The Morgan fingerprint density at radius 1 is 1.03 bits per heavy atom. The monoisotopic (exact) mass is 432 g/mol. The maximum absolute atomic E-state index is 13.3. The number of anilines is 1. The Balaban J connectivity index is 2.14. The molecule has 0 spiro atoms. The first-order valence-corrected chi connectivity index (χ1v) is 10.1. The first-order chi connectivity index (χ1) is 14.0. The van der Waals surface area contributed by atoms with E-state index in [4.69, 9.17) is 27.9 Å². The fraction of sp³-hybridized carbons (Fsp3) is 0.273. The zero-order valence-corrected chi connectivity index (χ0v) is 17.8. The van der Waals surface area contributed by atoms with Gasteiger partial charge in [0.1, 0.15) is 5.70 Å². The summed E-state index contributed by atoms with van der Waals surface area (Å²) < 4.78 is 5.07. The van der Waals surface area contributed by atoms with E-state index in [2.05, 4.69) is 0 Å². The van der Waals surface area contributed by atoms with Crippen LogP contribution < -0.4 is 4.90 Å². The van der Waals surface area contributed by atoms with Gasteiger partial charge in [0, 0.05) is 43.1 Å². The molecule has 29 heavy (non-hydrogen) atoms. The SMILES string of the molecule is CCN(C1=C(c2ccc(Cl)cc2Cl)C(=O)N(CCCOC)C1=O)c1ccccc1. The normalized spacial score (nSPS) is 14.1. The van der Waals surface area contributed by atoms with Gasteiger partial charge in [0.25, 0.3) is 11.8 Å². The molecule has 0 saturated heterocycles. The molecule has 0 atom stereocenters. The molecule has 2 aromatic carbocycles. The van der Waals surface area contributed by atoms with Gasteiger partial charge in [0.15, 0.2) is 0 Å². The Labute approximate surface area is 180 Å². The third kappa shape index (κ3) is 4.32. The van der Waals surface area contributed by atoms with E-state index >= 15 is 0 Å². The number of carbonyl (C=O) groups excluding carboxylic acids is 2. The zero-order valence-electron chi connectivity index (χ0n) is 16.3. The average Bonchev–Trinajstić information content (AvgIpc) is 2.95. The maximum Gasteiger partial charge on any atom is 0.278 e. The molecule has 0 fully saturated rings. The first kappa shape index (κ1) is 21.4. The second-order valence-corrected chi connectivity index (χ2v) is 7.38. The van der Waals surface area contributed by atoms with E-state index < -0.39 is 0 Å². The molecule has 0 bridgehead atoms. The molecule has 0 saturated carbocycles. The lowest BCUT2D eigenvalue weighted by Crippen LogP contribution is -2.36. The highest BCUT2D eigenvalue weighted by atomic mass is 35.5. The van der Waals surface area contributed by atoms with Crippen molar-refractivity contribution in [1.29, 1.82) is 0 Å². The van der Waals surface area contributed by atoms with Gasteiger partial charge >= 0.3 is 0 Å². The topological polar surface area (TPSA) is 49.9 Å². The molecular formula is C22H22Cl2N2O3. The standard InChI is InChI=1S/C22H22Cl2N2O3/c1-3-25(16-8-5-4-6-9-16)20-19(17-11-10-15(23)14-18(17)24)21(27)26(22(20)28)12-7-13-29-2/h4-6,8-11,14H,3,7,12-13H2,1-2H3. The molecule has 0 aliphatic carbocycles. The zero-order chi connectivity index (χ0) is 21.0. The lowest BCUT2D eigenvalue weighted by Gasteiger charge is -2.25. The minimum Gasteiger partial charge on any atom is -0.385 e. The number of methoxy groups -OCH3 is 1. The molecule has 0 aromatic heterocycles. The average molecular weight is 433 g/mol. The minimum atomic E-state index is -0.361. The van der Waals surface area contributed by atoms with E-state index in [1.165, 1.54) is 4.90 Å². The number of hydrogen-bond acceptors (Lipinski definition) is 4. The lowest BCUT2D eigenvalue weighted by molar-refractivity contribution is -0.137. The predicted octanol–water partition coefficient (Wildman–Crippen LogP) is 4.64. The predicted molar refractivity (Wildman–Crippen MR) is 116 cm³/mol. The largest absolute Gasteiger partial charge is 0.385 e. The molecule has 0 N–H and O–H groups in total. The molecule has 0 radical (unpaired) electrons. The highest BCUT2D eigenvalue weighted by Gasteiger charge is 2.42. The summed E-state index contributed by atoms with van der Waals surface area (Å²) in [7, 11) is 1.59. The van der Waals surface area contributed by atoms with Crippen LogP contribution in [0.2, 0.25) is 10.0 Å². The molecule has 3 rings (SSSR count). The number of ether oxygens (including phenoxy) is 1. The fourth-order valence-corrected chi connectivity index (χ4v) is 3.90. The summed E-state index contributed by atoms with van der Waals surface area (Å²) >= 11 is 12.5. The third-order valence-electron chi connectivity index (χ3n) is 4.73. The molecule has 5 nitrogen and oxygen atoms in total. The summed E-state index contributed by atoms with van der Waals surface area (Å²) in [5.41, 5.74) is 1.94. The van der Waals surface area contributed by atoms with E-state index in [1.807, 2.05) is 42.2 Å². The van der Waals surface area contributed by atoms with Gasteiger partial charge in [-0.3, -0.25) is 14.5 Å². The summed E-state index contributed by atoms with van der Waals surface area (Å²) in [4.78, 5) is 29.7. The van der Waals surface area contributed by atoms with Gasteiger partial charge in [-0.1, -0.05) is 47.5 Å². The Bertz CT molecular complexity index is 944. The Hall–Kier alpha value is -2.34. The summed E-state index contributed by atoms with van der Waals surface area (Å²) in [6.45, 7) is 3.18. The van der Waals surface area contributed by atoms with Crippen LogP contribution in [0, 0.1) is 0 Å².